The smallest absolute Gasteiger partial charge is 0.341 e. The van der Waals surface area contributed by atoms with Gasteiger partial charge in [-0.1, -0.05) is 23.7 Å². The molecule has 2 heterocycles. The summed E-state index contributed by atoms with van der Waals surface area (Å²) in [6, 6.07) is 6.01. The van der Waals surface area contributed by atoms with Crippen LogP contribution in [0.1, 0.15) is 28.4 Å². The summed E-state index contributed by atoms with van der Waals surface area (Å²) in [5, 5.41) is 15.9. The van der Waals surface area contributed by atoms with Gasteiger partial charge in [0.1, 0.15) is 11.3 Å². The first kappa shape index (κ1) is 17.7. The Kier molecular flexibility index (Phi) is 4.77. The van der Waals surface area contributed by atoms with Gasteiger partial charge in [-0.15, -0.1) is 0 Å². The summed E-state index contributed by atoms with van der Waals surface area (Å²) in [4.78, 5) is 35.5. The fraction of sp³-hybridized carbons (Fsp3) is 0.176. The lowest BCUT2D eigenvalue weighted by Crippen LogP contribution is -2.19. The minimum atomic E-state index is -1.04. The van der Waals surface area contributed by atoms with Gasteiger partial charge in [-0.25, -0.2) is 9.89 Å². The third-order valence-electron chi connectivity index (χ3n) is 3.97. The van der Waals surface area contributed by atoms with Crippen LogP contribution in [-0.2, 0) is 9.53 Å². The highest BCUT2D eigenvalue weighted by molar-refractivity contribution is 6.30. The molecular weight excluding hydrogens is 362 g/mol. The van der Waals surface area contributed by atoms with Crippen molar-refractivity contribution in [1.82, 2.24) is 14.8 Å². The van der Waals surface area contributed by atoms with Crippen LogP contribution >= 0.6 is 11.6 Å². The molecule has 2 aliphatic heterocycles. The van der Waals surface area contributed by atoms with Crippen LogP contribution in [0.2, 0.25) is 5.02 Å². The molecule has 134 valence electrons. The topological polar surface area (TPSA) is 114 Å². The van der Waals surface area contributed by atoms with Crippen molar-refractivity contribution in [3.8, 4) is 11.3 Å². The first-order valence-corrected chi connectivity index (χ1v) is 7.94. The summed E-state index contributed by atoms with van der Waals surface area (Å²) in [7, 11) is 1.21. The Labute approximate surface area is 152 Å². The van der Waals surface area contributed by atoms with Gasteiger partial charge in [-0.2, -0.15) is 5.10 Å². The molecule has 2 N–H and O–H groups in total. The highest BCUT2D eigenvalue weighted by Gasteiger charge is 2.25. The zero-order chi connectivity index (χ0) is 18.8. The minimum Gasteiger partial charge on any atom is -0.481 e. The molecule has 0 saturated heterocycles. The number of pyridine rings is 1. The maximum absolute atomic E-state index is 12.1. The Morgan fingerprint density at radius 2 is 2.00 bits per heavy atom. The Balaban J connectivity index is 2.21. The molecule has 0 bridgehead atoms. The van der Waals surface area contributed by atoms with E-state index in [1.54, 1.807) is 24.3 Å². The number of benzene rings is 1. The number of halogens is 1. The van der Waals surface area contributed by atoms with E-state index in [2.05, 4.69) is 10.2 Å². The molecule has 0 aliphatic carbocycles. The number of nitrogens with one attached hydrogen (secondary N) is 1. The summed E-state index contributed by atoms with van der Waals surface area (Å²) in [5.74, 6) is -1.72. The monoisotopic (exact) mass is 375 g/mol. The number of aliphatic carboxylic acids is 1. The standard InChI is InChI=1S/C17H14ClN3O5/c1-26-17(25)12-8-21(7-11-15(12)19-20-16(11)24)13(6-14(22)23)9-2-4-10(18)5-3-9/h2-5,7-8,13H,6H2,1H3,(H,20,24)(H,22,23)/t13-/m0/s1. The number of carboxylic acids is 1. The van der Waals surface area contributed by atoms with Gasteiger partial charge in [-0.05, 0) is 17.7 Å². The van der Waals surface area contributed by atoms with Crippen LogP contribution in [0.3, 0.4) is 0 Å². The van der Waals surface area contributed by atoms with Crippen molar-refractivity contribution >= 4 is 23.5 Å². The number of rotatable bonds is 5. The minimum absolute atomic E-state index is 0.0627. The molecule has 2 aliphatic rings. The van der Waals surface area contributed by atoms with E-state index in [1.807, 2.05) is 0 Å². The Hall–Kier alpha value is -3.13. The lowest BCUT2D eigenvalue weighted by Gasteiger charge is -2.21. The van der Waals surface area contributed by atoms with Crippen molar-refractivity contribution in [2.45, 2.75) is 12.5 Å². The first-order valence-electron chi connectivity index (χ1n) is 7.56. The number of methoxy groups -OCH3 is 1. The SMILES string of the molecule is COC(=O)c1cn([C@@H](CC(=O)O)c2ccc(Cl)cc2)cc2c(=O)[nH]nc1-2. The van der Waals surface area contributed by atoms with Gasteiger partial charge in [0, 0.05) is 17.4 Å². The Morgan fingerprint density at radius 3 is 2.62 bits per heavy atom. The molecule has 1 aromatic carbocycles. The summed E-state index contributed by atoms with van der Waals surface area (Å²) in [5.41, 5.74) is 0.575. The van der Waals surface area contributed by atoms with E-state index >= 15 is 0 Å². The molecule has 0 amide bonds. The summed E-state index contributed by atoms with van der Waals surface area (Å²) < 4.78 is 6.25. The molecule has 3 rings (SSSR count). The molecule has 0 fully saturated rings. The van der Waals surface area contributed by atoms with Crippen LogP contribution in [0.25, 0.3) is 11.3 Å². The number of H-pyrrole nitrogens is 1. The van der Waals surface area contributed by atoms with Crippen molar-refractivity contribution in [2.75, 3.05) is 7.11 Å². The average molecular weight is 376 g/mol. The number of carboxylic acid groups (broad SMARTS) is 1. The highest BCUT2D eigenvalue weighted by atomic mass is 35.5. The number of carbonyl (C=O) groups excluding carboxylic acids is 1. The van der Waals surface area contributed by atoms with E-state index in [4.69, 9.17) is 16.3 Å². The maximum Gasteiger partial charge on any atom is 0.341 e. The zero-order valence-corrected chi connectivity index (χ0v) is 14.4. The second kappa shape index (κ2) is 7.01. The molecule has 1 atom stereocenters. The van der Waals surface area contributed by atoms with Crippen LogP contribution in [0.4, 0.5) is 0 Å². The van der Waals surface area contributed by atoms with E-state index in [9.17, 15) is 19.5 Å². The highest BCUT2D eigenvalue weighted by Crippen LogP contribution is 2.28. The molecule has 0 unspecified atom stereocenters. The van der Waals surface area contributed by atoms with Gasteiger partial charge >= 0.3 is 11.9 Å². The third kappa shape index (κ3) is 3.31. The van der Waals surface area contributed by atoms with Crippen molar-refractivity contribution in [1.29, 1.82) is 0 Å². The largest absolute Gasteiger partial charge is 0.481 e. The second-order valence-electron chi connectivity index (χ2n) is 5.59. The number of esters is 1. The molecule has 9 heteroatoms. The van der Waals surface area contributed by atoms with E-state index in [0.717, 1.165) is 0 Å². The number of nitrogens with zero attached hydrogens (tertiary/aromatic N) is 2. The quantitative estimate of drug-likeness (QED) is 0.660. The molecule has 0 spiro atoms. The van der Waals surface area contributed by atoms with Gasteiger partial charge in [0.05, 0.1) is 25.1 Å². The number of hydrogen-bond acceptors (Lipinski definition) is 5. The fourth-order valence-electron chi connectivity index (χ4n) is 2.74. The molecule has 0 aromatic heterocycles. The zero-order valence-electron chi connectivity index (χ0n) is 13.6. The van der Waals surface area contributed by atoms with E-state index in [1.165, 1.54) is 24.1 Å². The van der Waals surface area contributed by atoms with Gasteiger partial charge in [-0.3, -0.25) is 9.59 Å². The van der Waals surface area contributed by atoms with Crippen LogP contribution in [0.5, 0.6) is 0 Å². The number of fused-ring (bicyclic) bond motifs is 1. The molecular formula is C17H14ClN3O5. The summed E-state index contributed by atoms with van der Waals surface area (Å²) >= 11 is 5.90. The van der Waals surface area contributed by atoms with Crippen LogP contribution < -0.4 is 5.56 Å². The first-order chi connectivity index (χ1) is 12.4. The summed E-state index contributed by atoms with van der Waals surface area (Å²) in [6.45, 7) is 0. The van der Waals surface area contributed by atoms with E-state index in [0.29, 0.717) is 10.6 Å². The molecule has 0 saturated carbocycles. The average Bonchev–Trinajstić information content (AvgIpc) is 3.00. The molecule has 0 radical (unpaired) electrons. The lowest BCUT2D eigenvalue weighted by atomic mass is 10.0. The number of ether oxygens (including phenoxy) is 1. The lowest BCUT2D eigenvalue weighted by molar-refractivity contribution is -0.137. The predicted molar refractivity (Wildman–Crippen MR) is 92.7 cm³/mol. The van der Waals surface area contributed by atoms with Crippen LogP contribution in [-0.4, -0.2) is 38.9 Å². The van der Waals surface area contributed by atoms with Crippen molar-refractivity contribution in [3.05, 3.63) is 63.2 Å². The Bertz CT molecular complexity index is 992. The van der Waals surface area contributed by atoms with E-state index in [-0.39, 0.29) is 23.2 Å². The molecule has 1 aromatic rings. The normalized spacial score (nSPS) is 12.1. The van der Waals surface area contributed by atoms with Crippen LogP contribution in [0.15, 0.2) is 41.5 Å². The number of aromatic amines is 1. The summed E-state index contributed by atoms with van der Waals surface area (Å²) in [6.07, 6.45) is 2.64. The number of hydrogen-bond donors (Lipinski definition) is 2. The van der Waals surface area contributed by atoms with Crippen molar-refractivity contribution in [2.24, 2.45) is 0 Å². The van der Waals surface area contributed by atoms with Gasteiger partial charge in [0.15, 0.2) is 0 Å². The number of carbonyl (C=O) groups is 2. The third-order valence-corrected chi connectivity index (χ3v) is 4.22. The van der Waals surface area contributed by atoms with E-state index < -0.39 is 23.5 Å². The van der Waals surface area contributed by atoms with Gasteiger partial charge in [0.25, 0.3) is 5.56 Å². The van der Waals surface area contributed by atoms with Gasteiger partial charge in [0.2, 0.25) is 0 Å². The number of aromatic nitrogens is 3. The molecule has 8 nitrogen and oxygen atoms in total. The van der Waals surface area contributed by atoms with Crippen molar-refractivity contribution in [3.63, 3.8) is 0 Å². The maximum atomic E-state index is 12.1. The Morgan fingerprint density at radius 1 is 1.31 bits per heavy atom. The van der Waals surface area contributed by atoms with Gasteiger partial charge < -0.3 is 14.4 Å². The van der Waals surface area contributed by atoms with Crippen molar-refractivity contribution < 1.29 is 19.4 Å². The predicted octanol–water partition coefficient (Wildman–Crippen LogP) is 2.18. The van der Waals surface area contributed by atoms with Crippen LogP contribution in [0, 0.1) is 0 Å². The molecule has 26 heavy (non-hydrogen) atoms. The fourth-order valence-corrected chi connectivity index (χ4v) is 2.87. The second-order valence-corrected chi connectivity index (χ2v) is 6.03.